The first-order valence-electron chi connectivity index (χ1n) is 14.0. The monoisotopic (exact) mass is 567 g/mol. The van der Waals surface area contributed by atoms with Crippen LogP contribution in [-0.4, -0.2) is 20.2 Å². The van der Waals surface area contributed by atoms with E-state index in [0.29, 0.717) is 17.5 Å². The predicted molar refractivity (Wildman–Crippen MR) is 177 cm³/mol. The molecule has 0 fully saturated rings. The Balaban J connectivity index is 1.48. The molecule has 3 heterocycles. The van der Waals surface area contributed by atoms with Crippen molar-refractivity contribution in [1.82, 2.24) is 25.5 Å². The Kier molecular flexibility index (Phi) is 8.77. The lowest BCUT2D eigenvalue weighted by molar-refractivity contribution is 0.631. The van der Waals surface area contributed by atoms with Crippen molar-refractivity contribution in [1.29, 1.82) is 0 Å². The van der Waals surface area contributed by atoms with E-state index < -0.39 is 0 Å². The highest BCUT2D eigenvalue weighted by molar-refractivity contribution is 5.97. The second-order valence-corrected chi connectivity index (χ2v) is 10.1. The van der Waals surface area contributed by atoms with E-state index in [1.54, 1.807) is 30.6 Å². The number of allylic oxidation sites excluding steroid dienone is 6. The molecule has 0 aliphatic carbocycles. The number of hydrogen-bond donors (Lipinski definition) is 3. The third kappa shape index (κ3) is 6.39. The Morgan fingerprint density at radius 2 is 1.77 bits per heavy atom. The van der Waals surface area contributed by atoms with Gasteiger partial charge in [0, 0.05) is 45.7 Å². The van der Waals surface area contributed by atoms with Gasteiger partial charge >= 0.3 is 0 Å². The maximum Gasteiger partial charge on any atom is 0.131 e. The standard InChI is InChI=1S/C37H34FN5/c1-6-27(20-28(7-2)40-25(5)19-26-14-10-9-11-15-26)24(4)18-31-34(8-3)42-43-37(31)35-21-30-32(22-39-23-36(30)41-35)29-16-12-13-17-33(29)38/h6-18,20-23,40-42H,2,4-5,19H2,1,3H3/b27-6+,28-20+,31-18+,34-8+. The molecule has 0 saturated carbocycles. The fourth-order valence-electron chi connectivity index (χ4n) is 5.03. The molecule has 0 radical (unpaired) electrons. The SMILES string of the molecule is C=C/C(=C\C(=C/C)C(=C)/C=c1/c(-c2cc3c(-c4ccccc4F)cncc3[nH]2)n[nH]/c1=C/C)NC(=C)Cc1ccccc1. The summed E-state index contributed by atoms with van der Waals surface area (Å²) >= 11 is 0. The highest BCUT2D eigenvalue weighted by Gasteiger charge is 2.15. The molecule has 0 aliphatic heterocycles. The Morgan fingerprint density at radius 1 is 1.00 bits per heavy atom. The third-order valence-corrected chi connectivity index (χ3v) is 7.20. The molecular formula is C37H34FN5. The van der Waals surface area contributed by atoms with Crippen LogP contribution in [0.25, 0.3) is 45.6 Å². The summed E-state index contributed by atoms with van der Waals surface area (Å²) in [6, 6.07) is 18.9. The molecule has 0 atom stereocenters. The zero-order valence-corrected chi connectivity index (χ0v) is 24.4. The van der Waals surface area contributed by atoms with Crippen LogP contribution in [-0.2, 0) is 6.42 Å². The van der Waals surface area contributed by atoms with Crippen LogP contribution in [0.4, 0.5) is 4.39 Å². The summed E-state index contributed by atoms with van der Waals surface area (Å²) in [5.74, 6) is -0.295. The lowest BCUT2D eigenvalue weighted by Crippen LogP contribution is -2.23. The van der Waals surface area contributed by atoms with Crippen molar-refractivity contribution >= 4 is 23.1 Å². The lowest BCUT2D eigenvalue weighted by Gasteiger charge is -2.12. The molecule has 3 aromatic heterocycles. The van der Waals surface area contributed by atoms with Crippen LogP contribution in [0.5, 0.6) is 0 Å². The zero-order valence-electron chi connectivity index (χ0n) is 24.4. The molecule has 0 aliphatic rings. The van der Waals surface area contributed by atoms with Gasteiger partial charge in [0.05, 0.1) is 22.8 Å². The molecule has 0 unspecified atom stereocenters. The normalized spacial score (nSPS) is 13.0. The smallest absolute Gasteiger partial charge is 0.131 e. The van der Waals surface area contributed by atoms with E-state index in [1.807, 2.05) is 68.5 Å². The molecule has 43 heavy (non-hydrogen) atoms. The van der Waals surface area contributed by atoms with Gasteiger partial charge in [-0.3, -0.25) is 10.1 Å². The molecule has 5 rings (SSSR count). The van der Waals surface area contributed by atoms with Gasteiger partial charge in [-0.1, -0.05) is 80.4 Å². The first-order valence-corrected chi connectivity index (χ1v) is 14.0. The topological polar surface area (TPSA) is 69.4 Å². The second-order valence-electron chi connectivity index (χ2n) is 10.1. The van der Waals surface area contributed by atoms with E-state index in [1.165, 1.54) is 11.6 Å². The number of aromatic nitrogens is 4. The molecule has 5 nitrogen and oxygen atoms in total. The van der Waals surface area contributed by atoms with Crippen molar-refractivity contribution in [2.24, 2.45) is 0 Å². The van der Waals surface area contributed by atoms with Gasteiger partial charge in [0.2, 0.25) is 0 Å². The quantitative estimate of drug-likeness (QED) is 0.156. The molecule has 5 aromatic rings. The number of halogens is 1. The average Bonchev–Trinajstić information content (AvgIpc) is 3.63. The Morgan fingerprint density at radius 3 is 2.49 bits per heavy atom. The fraction of sp³-hybridized carbons (Fsp3) is 0.0811. The molecule has 6 heteroatoms. The molecular weight excluding hydrogens is 533 g/mol. The summed E-state index contributed by atoms with van der Waals surface area (Å²) in [4.78, 5) is 7.78. The number of rotatable bonds is 10. The van der Waals surface area contributed by atoms with Crippen LogP contribution >= 0.6 is 0 Å². The van der Waals surface area contributed by atoms with Gasteiger partial charge in [0.25, 0.3) is 0 Å². The van der Waals surface area contributed by atoms with E-state index in [9.17, 15) is 4.39 Å². The first-order chi connectivity index (χ1) is 20.9. The molecule has 0 spiro atoms. The van der Waals surface area contributed by atoms with E-state index in [-0.39, 0.29) is 5.82 Å². The highest BCUT2D eigenvalue weighted by atomic mass is 19.1. The summed E-state index contributed by atoms with van der Waals surface area (Å²) in [5.41, 5.74) is 8.10. The van der Waals surface area contributed by atoms with E-state index in [2.05, 4.69) is 57.4 Å². The summed E-state index contributed by atoms with van der Waals surface area (Å²) in [7, 11) is 0. The summed E-state index contributed by atoms with van der Waals surface area (Å²) < 4.78 is 14.7. The Hall–Kier alpha value is -5.49. The number of nitrogens with zero attached hydrogens (tertiary/aromatic N) is 2. The third-order valence-electron chi connectivity index (χ3n) is 7.20. The maximum absolute atomic E-state index is 14.7. The summed E-state index contributed by atoms with van der Waals surface area (Å²) in [6.07, 6.45) is 13.9. The van der Waals surface area contributed by atoms with Crippen molar-refractivity contribution in [2.45, 2.75) is 20.3 Å². The van der Waals surface area contributed by atoms with Crippen molar-refractivity contribution in [3.05, 3.63) is 156 Å². The van der Waals surface area contributed by atoms with Gasteiger partial charge < -0.3 is 10.3 Å². The fourth-order valence-corrected chi connectivity index (χ4v) is 5.03. The number of fused-ring (bicyclic) bond motifs is 1. The zero-order chi connectivity index (χ0) is 30.3. The van der Waals surface area contributed by atoms with Crippen molar-refractivity contribution < 1.29 is 4.39 Å². The number of H-pyrrole nitrogens is 2. The Labute approximate surface area is 250 Å². The molecule has 0 saturated heterocycles. The lowest BCUT2D eigenvalue weighted by atomic mass is 10.0. The molecule has 214 valence electrons. The van der Waals surface area contributed by atoms with E-state index >= 15 is 0 Å². The number of pyridine rings is 1. The van der Waals surface area contributed by atoms with Crippen LogP contribution in [0.3, 0.4) is 0 Å². The average molecular weight is 568 g/mol. The van der Waals surface area contributed by atoms with E-state index in [0.717, 1.165) is 55.4 Å². The van der Waals surface area contributed by atoms with Gasteiger partial charge in [-0.15, -0.1) is 0 Å². The number of nitrogens with one attached hydrogen (secondary N) is 3. The minimum absolute atomic E-state index is 0.295. The van der Waals surface area contributed by atoms with Crippen LogP contribution < -0.4 is 15.9 Å². The molecule has 0 amide bonds. The largest absolute Gasteiger partial charge is 0.359 e. The van der Waals surface area contributed by atoms with Crippen LogP contribution in [0.2, 0.25) is 0 Å². The highest BCUT2D eigenvalue weighted by Crippen LogP contribution is 2.31. The van der Waals surface area contributed by atoms with Gasteiger partial charge in [-0.05, 0) is 60.9 Å². The Bertz CT molecular complexity index is 2000. The maximum atomic E-state index is 14.7. The van der Waals surface area contributed by atoms with Gasteiger partial charge in [-0.25, -0.2) is 4.39 Å². The second kappa shape index (κ2) is 13.0. The van der Waals surface area contributed by atoms with Crippen molar-refractivity contribution in [2.75, 3.05) is 0 Å². The number of aromatic amines is 2. The summed E-state index contributed by atoms with van der Waals surface area (Å²) in [5, 5.41) is 13.8. The van der Waals surface area contributed by atoms with Gasteiger partial charge in [-0.2, -0.15) is 5.10 Å². The van der Waals surface area contributed by atoms with Crippen molar-refractivity contribution in [3.63, 3.8) is 0 Å². The first kappa shape index (κ1) is 29.0. The van der Waals surface area contributed by atoms with Crippen LogP contribution in [0.1, 0.15) is 19.4 Å². The van der Waals surface area contributed by atoms with E-state index in [4.69, 9.17) is 0 Å². The van der Waals surface area contributed by atoms with Crippen LogP contribution in [0, 0.1) is 5.82 Å². The van der Waals surface area contributed by atoms with Gasteiger partial charge in [0.15, 0.2) is 0 Å². The summed E-state index contributed by atoms with van der Waals surface area (Å²) in [6.45, 7) is 16.5. The van der Waals surface area contributed by atoms with Crippen molar-refractivity contribution in [3.8, 4) is 22.5 Å². The predicted octanol–water partition coefficient (Wildman–Crippen LogP) is 7.26. The molecule has 0 bridgehead atoms. The molecule has 2 aromatic carbocycles. The minimum atomic E-state index is -0.295. The van der Waals surface area contributed by atoms with Gasteiger partial charge in [0.1, 0.15) is 11.5 Å². The number of hydrogen-bond acceptors (Lipinski definition) is 3. The number of benzene rings is 2. The molecule has 3 N–H and O–H groups in total. The minimum Gasteiger partial charge on any atom is -0.359 e. The van der Waals surface area contributed by atoms with Crippen LogP contribution in [0.15, 0.2) is 134 Å².